The number of rotatable bonds is 2. The molecule has 0 unspecified atom stereocenters. The smallest absolute Gasteiger partial charge is 0.242 e. The molecule has 4 nitrogen and oxygen atoms in total. The molecule has 84 valence electrons. The van der Waals surface area contributed by atoms with Crippen LogP contribution in [0.4, 0.5) is 4.39 Å². The van der Waals surface area contributed by atoms with Crippen LogP contribution in [0.3, 0.4) is 0 Å². The molecule has 5 heteroatoms. The fraction of sp³-hybridized carbons (Fsp3) is 0.0833. The van der Waals surface area contributed by atoms with Gasteiger partial charge in [-0.05, 0) is 5.56 Å². The van der Waals surface area contributed by atoms with Gasteiger partial charge >= 0.3 is 0 Å². The van der Waals surface area contributed by atoms with Gasteiger partial charge in [0.15, 0.2) is 5.65 Å². The Morgan fingerprint density at radius 1 is 1.06 bits per heavy atom. The van der Waals surface area contributed by atoms with Gasteiger partial charge in [-0.25, -0.2) is 15.0 Å². The summed E-state index contributed by atoms with van der Waals surface area (Å²) in [4.78, 5) is 11.5. The van der Waals surface area contributed by atoms with E-state index in [4.69, 9.17) is 0 Å². The molecule has 17 heavy (non-hydrogen) atoms. The molecule has 2 aromatic heterocycles. The van der Waals surface area contributed by atoms with Crippen molar-refractivity contribution < 1.29 is 4.39 Å². The number of imidazole rings is 1. The van der Waals surface area contributed by atoms with Gasteiger partial charge in [-0.3, -0.25) is 0 Å². The van der Waals surface area contributed by atoms with Gasteiger partial charge in [0.1, 0.15) is 11.8 Å². The van der Waals surface area contributed by atoms with Crippen LogP contribution in [0.2, 0.25) is 0 Å². The molecule has 0 aliphatic carbocycles. The second kappa shape index (κ2) is 3.93. The zero-order chi connectivity index (χ0) is 11.7. The number of benzene rings is 1. The van der Waals surface area contributed by atoms with Crippen molar-refractivity contribution in [3.05, 3.63) is 54.5 Å². The lowest BCUT2D eigenvalue weighted by molar-refractivity contribution is 0.584. The van der Waals surface area contributed by atoms with Gasteiger partial charge in [-0.1, -0.05) is 30.3 Å². The average molecular weight is 228 g/mol. The summed E-state index contributed by atoms with van der Waals surface area (Å²) in [6.07, 6.45) is 2.76. The number of halogens is 1. The van der Waals surface area contributed by atoms with Gasteiger partial charge in [0.2, 0.25) is 5.95 Å². The first-order valence-electron chi connectivity index (χ1n) is 5.20. The average Bonchev–Trinajstić information content (AvgIpc) is 2.75. The van der Waals surface area contributed by atoms with E-state index < -0.39 is 5.95 Å². The number of nitrogens with zero attached hydrogens (tertiary/aromatic N) is 4. The lowest BCUT2D eigenvalue weighted by Gasteiger charge is -2.03. The van der Waals surface area contributed by atoms with Crippen LogP contribution >= 0.6 is 0 Å². The van der Waals surface area contributed by atoms with Gasteiger partial charge in [-0.15, -0.1) is 0 Å². The van der Waals surface area contributed by atoms with Crippen LogP contribution in [0.25, 0.3) is 11.2 Å². The number of hydrogen-bond acceptors (Lipinski definition) is 3. The van der Waals surface area contributed by atoms with Crippen LogP contribution in [-0.4, -0.2) is 19.5 Å². The highest BCUT2D eigenvalue weighted by Gasteiger charge is 2.09. The van der Waals surface area contributed by atoms with E-state index in [0.29, 0.717) is 17.7 Å². The van der Waals surface area contributed by atoms with Gasteiger partial charge < -0.3 is 4.57 Å². The number of fused-ring (bicyclic) bond motifs is 1. The van der Waals surface area contributed by atoms with E-state index in [9.17, 15) is 4.39 Å². The molecule has 0 spiro atoms. The van der Waals surface area contributed by atoms with Crippen LogP contribution < -0.4 is 0 Å². The highest BCUT2D eigenvalue weighted by Crippen LogP contribution is 2.14. The first-order valence-corrected chi connectivity index (χ1v) is 5.20. The van der Waals surface area contributed by atoms with Crippen molar-refractivity contribution in [3.8, 4) is 0 Å². The molecule has 2 heterocycles. The highest BCUT2D eigenvalue weighted by atomic mass is 19.1. The summed E-state index contributed by atoms with van der Waals surface area (Å²) < 4.78 is 15.3. The molecule has 0 radical (unpaired) electrons. The fourth-order valence-electron chi connectivity index (χ4n) is 1.77. The second-order valence-electron chi connectivity index (χ2n) is 3.69. The molecule has 0 saturated carbocycles. The Morgan fingerprint density at radius 3 is 2.71 bits per heavy atom. The van der Waals surface area contributed by atoms with Gasteiger partial charge in [0.25, 0.3) is 0 Å². The maximum atomic E-state index is 13.6. The van der Waals surface area contributed by atoms with E-state index in [0.717, 1.165) is 5.56 Å². The molecular formula is C12H9FN4. The third-order valence-corrected chi connectivity index (χ3v) is 2.56. The maximum Gasteiger partial charge on any atom is 0.242 e. The first kappa shape index (κ1) is 9.89. The summed E-state index contributed by atoms with van der Waals surface area (Å²) in [5, 5.41) is 0. The van der Waals surface area contributed by atoms with E-state index in [1.165, 1.54) is 6.33 Å². The predicted molar refractivity (Wildman–Crippen MR) is 60.8 cm³/mol. The molecule has 0 aliphatic heterocycles. The van der Waals surface area contributed by atoms with Crippen molar-refractivity contribution in [1.29, 1.82) is 0 Å². The van der Waals surface area contributed by atoms with Crippen molar-refractivity contribution >= 4 is 11.2 Å². The van der Waals surface area contributed by atoms with Gasteiger partial charge in [-0.2, -0.15) is 4.39 Å². The van der Waals surface area contributed by atoms with Crippen LogP contribution in [0.1, 0.15) is 5.56 Å². The Bertz CT molecular complexity index is 648. The summed E-state index contributed by atoms with van der Waals surface area (Å²) in [6, 6.07) is 9.79. The lowest BCUT2D eigenvalue weighted by Crippen LogP contribution is -2.00. The molecule has 0 aliphatic rings. The Labute approximate surface area is 96.8 Å². The largest absolute Gasteiger partial charge is 0.321 e. The SMILES string of the molecule is Fc1ncnc2ncn(Cc3ccccc3)c12. The van der Waals surface area contributed by atoms with Crippen molar-refractivity contribution in [2.24, 2.45) is 0 Å². The maximum absolute atomic E-state index is 13.6. The molecule has 1 aromatic carbocycles. The van der Waals surface area contributed by atoms with E-state index in [-0.39, 0.29) is 0 Å². The molecule has 3 rings (SSSR count). The molecule has 0 saturated heterocycles. The normalized spacial score (nSPS) is 10.9. The van der Waals surface area contributed by atoms with Crippen LogP contribution in [-0.2, 0) is 6.54 Å². The number of hydrogen-bond donors (Lipinski definition) is 0. The predicted octanol–water partition coefficient (Wildman–Crippen LogP) is 2.01. The van der Waals surface area contributed by atoms with Gasteiger partial charge in [0, 0.05) is 6.54 Å². The Balaban J connectivity index is 2.07. The van der Waals surface area contributed by atoms with Crippen molar-refractivity contribution in [1.82, 2.24) is 19.5 Å². The van der Waals surface area contributed by atoms with Crippen molar-refractivity contribution in [2.45, 2.75) is 6.54 Å². The molecular weight excluding hydrogens is 219 g/mol. The second-order valence-corrected chi connectivity index (χ2v) is 3.69. The molecule has 0 N–H and O–H groups in total. The highest BCUT2D eigenvalue weighted by molar-refractivity contribution is 5.69. The minimum Gasteiger partial charge on any atom is -0.321 e. The van der Waals surface area contributed by atoms with Crippen molar-refractivity contribution in [2.75, 3.05) is 0 Å². The zero-order valence-electron chi connectivity index (χ0n) is 8.92. The molecule has 0 fully saturated rings. The molecule has 0 atom stereocenters. The summed E-state index contributed by atoms with van der Waals surface area (Å²) in [6.45, 7) is 0.557. The van der Waals surface area contributed by atoms with E-state index in [1.54, 1.807) is 10.9 Å². The third-order valence-electron chi connectivity index (χ3n) is 2.56. The molecule has 0 amide bonds. The molecule has 0 bridgehead atoms. The van der Waals surface area contributed by atoms with E-state index >= 15 is 0 Å². The summed E-state index contributed by atoms with van der Waals surface area (Å²) in [5.74, 6) is -0.538. The lowest BCUT2D eigenvalue weighted by atomic mass is 10.2. The van der Waals surface area contributed by atoms with Crippen molar-refractivity contribution in [3.63, 3.8) is 0 Å². The van der Waals surface area contributed by atoms with Gasteiger partial charge in [0.05, 0.1) is 6.33 Å². The molecule has 3 aromatic rings. The van der Waals surface area contributed by atoms with Crippen LogP contribution in [0.5, 0.6) is 0 Å². The Kier molecular flexibility index (Phi) is 2.29. The van der Waals surface area contributed by atoms with Crippen LogP contribution in [0.15, 0.2) is 43.0 Å². The minimum atomic E-state index is -0.538. The standard InChI is InChI=1S/C12H9FN4/c13-11-10-12(15-7-14-11)16-8-17(10)6-9-4-2-1-3-5-9/h1-5,7-8H,6H2. The first-order chi connectivity index (χ1) is 8.34. The topological polar surface area (TPSA) is 43.6 Å². The fourth-order valence-corrected chi connectivity index (χ4v) is 1.77. The monoisotopic (exact) mass is 228 g/mol. The Hall–Kier alpha value is -2.30. The van der Waals surface area contributed by atoms with E-state index in [1.807, 2.05) is 30.3 Å². The Morgan fingerprint density at radius 2 is 1.88 bits per heavy atom. The summed E-state index contributed by atoms with van der Waals surface area (Å²) >= 11 is 0. The third kappa shape index (κ3) is 1.75. The van der Waals surface area contributed by atoms with Crippen LogP contribution in [0, 0.1) is 5.95 Å². The number of aromatic nitrogens is 4. The van der Waals surface area contributed by atoms with E-state index in [2.05, 4.69) is 15.0 Å². The zero-order valence-corrected chi connectivity index (χ0v) is 8.92. The summed E-state index contributed by atoms with van der Waals surface area (Å²) in [7, 11) is 0. The minimum absolute atomic E-state index is 0.344. The summed E-state index contributed by atoms with van der Waals surface area (Å²) in [5.41, 5.74) is 1.81. The quantitative estimate of drug-likeness (QED) is 0.630.